The zero-order valence-corrected chi connectivity index (χ0v) is 12.4. The molecule has 0 aliphatic rings. The first kappa shape index (κ1) is 15.0. The van der Waals surface area contributed by atoms with E-state index in [0.29, 0.717) is 5.92 Å². The van der Waals surface area contributed by atoms with E-state index in [1.165, 1.54) is 12.0 Å². The first-order valence-electron chi connectivity index (χ1n) is 6.82. The highest BCUT2D eigenvalue weighted by molar-refractivity contribution is 5.27. The maximum atomic E-state index is 5.18. The third-order valence-corrected chi connectivity index (χ3v) is 3.18. The fraction of sp³-hybridized carbons (Fsp3) is 0.625. The lowest BCUT2D eigenvalue weighted by Gasteiger charge is -2.24. The monoisotopic (exact) mass is 249 g/mol. The smallest absolute Gasteiger partial charge is 0.118 e. The van der Waals surface area contributed by atoms with Gasteiger partial charge in [-0.2, -0.15) is 0 Å². The van der Waals surface area contributed by atoms with Gasteiger partial charge in [0.1, 0.15) is 5.75 Å². The summed E-state index contributed by atoms with van der Waals surface area (Å²) in [5.74, 6) is 1.62. The van der Waals surface area contributed by atoms with Crippen LogP contribution in [0.25, 0.3) is 0 Å². The van der Waals surface area contributed by atoms with Crippen LogP contribution in [0.15, 0.2) is 24.3 Å². The molecule has 1 rings (SSSR count). The van der Waals surface area contributed by atoms with Crippen molar-refractivity contribution in [2.75, 3.05) is 13.7 Å². The Balaban J connectivity index is 2.51. The van der Waals surface area contributed by atoms with Crippen LogP contribution in [0.1, 0.15) is 39.7 Å². The number of hydrogen-bond donors (Lipinski definition) is 1. The zero-order valence-electron chi connectivity index (χ0n) is 12.4. The maximum absolute atomic E-state index is 5.18. The molecule has 0 amide bonds. The predicted octanol–water partition coefficient (Wildman–Crippen LogP) is 3.65. The second kappa shape index (κ2) is 6.79. The van der Waals surface area contributed by atoms with Crippen LogP contribution in [0, 0.1) is 5.92 Å². The molecule has 18 heavy (non-hydrogen) atoms. The molecule has 0 saturated carbocycles. The van der Waals surface area contributed by atoms with Gasteiger partial charge in [0.25, 0.3) is 0 Å². The molecular weight excluding hydrogens is 222 g/mol. The van der Waals surface area contributed by atoms with E-state index in [4.69, 9.17) is 4.74 Å². The van der Waals surface area contributed by atoms with E-state index in [0.717, 1.165) is 18.7 Å². The van der Waals surface area contributed by atoms with E-state index in [9.17, 15) is 0 Å². The highest BCUT2D eigenvalue weighted by Gasteiger charge is 2.13. The normalized spacial score (nSPS) is 13.4. The quantitative estimate of drug-likeness (QED) is 0.831. The number of nitrogens with one attached hydrogen (secondary N) is 1. The largest absolute Gasteiger partial charge is 0.497 e. The fourth-order valence-corrected chi connectivity index (χ4v) is 1.91. The van der Waals surface area contributed by atoms with E-state index >= 15 is 0 Å². The van der Waals surface area contributed by atoms with Crippen molar-refractivity contribution in [2.24, 2.45) is 5.92 Å². The average Bonchev–Trinajstić information content (AvgIpc) is 2.34. The molecule has 0 aromatic heterocycles. The molecule has 1 aromatic rings. The van der Waals surface area contributed by atoms with Gasteiger partial charge >= 0.3 is 0 Å². The van der Waals surface area contributed by atoms with Gasteiger partial charge in [0, 0.05) is 5.54 Å². The van der Waals surface area contributed by atoms with Crippen LogP contribution in [0.4, 0.5) is 0 Å². The Morgan fingerprint density at radius 3 is 2.22 bits per heavy atom. The van der Waals surface area contributed by atoms with E-state index in [-0.39, 0.29) is 5.54 Å². The van der Waals surface area contributed by atoms with Crippen molar-refractivity contribution >= 4 is 0 Å². The highest BCUT2D eigenvalue weighted by atomic mass is 16.5. The number of benzene rings is 1. The van der Waals surface area contributed by atoms with Gasteiger partial charge < -0.3 is 10.1 Å². The lowest BCUT2D eigenvalue weighted by molar-refractivity contribution is 0.363. The molecular formula is C16H27NO. The molecule has 0 spiro atoms. The summed E-state index contributed by atoms with van der Waals surface area (Å²) in [4.78, 5) is 0. The summed E-state index contributed by atoms with van der Waals surface area (Å²) >= 11 is 0. The molecule has 2 heteroatoms. The first-order valence-corrected chi connectivity index (χ1v) is 6.82. The fourth-order valence-electron chi connectivity index (χ4n) is 1.91. The van der Waals surface area contributed by atoms with Gasteiger partial charge in [0.2, 0.25) is 0 Å². The van der Waals surface area contributed by atoms with E-state index in [1.54, 1.807) is 7.11 Å². The van der Waals surface area contributed by atoms with Gasteiger partial charge in [-0.25, -0.2) is 0 Å². The minimum Gasteiger partial charge on any atom is -0.497 e. The lowest BCUT2D eigenvalue weighted by atomic mass is 9.95. The SMILES string of the molecule is CCC(CNC(C)(C)C)Cc1ccc(OC)cc1. The molecule has 1 aromatic carbocycles. The molecule has 1 atom stereocenters. The molecule has 102 valence electrons. The summed E-state index contributed by atoms with van der Waals surface area (Å²) in [6.45, 7) is 9.98. The molecule has 0 aliphatic carbocycles. The first-order chi connectivity index (χ1) is 8.44. The predicted molar refractivity (Wildman–Crippen MR) is 78.2 cm³/mol. The molecule has 0 fully saturated rings. The van der Waals surface area contributed by atoms with Crippen LogP contribution in [-0.4, -0.2) is 19.2 Å². The van der Waals surface area contributed by atoms with Crippen molar-refractivity contribution in [2.45, 2.75) is 46.1 Å². The third kappa shape index (κ3) is 5.54. The van der Waals surface area contributed by atoms with Crippen LogP contribution in [0.2, 0.25) is 0 Å². The van der Waals surface area contributed by atoms with E-state index < -0.39 is 0 Å². The Kier molecular flexibility index (Phi) is 5.67. The Labute approximate surface area is 112 Å². The highest BCUT2D eigenvalue weighted by Crippen LogP contribution is 2.16. The van der Waals surface area contributed by atoms with Crippen molar-refractivity contribution in [3.05, 3.63) is 29.8 Å². The molecule has 0 saturated heterocycles. The Hall–Kier alpha value is -1.02. The number of rotatable bonds is 6. The summed E-state index contributed by atoms with van der Waals surface area (Å²) < 4.78 is 5.18. The topological polar surface area (TPSA) is 21.3 Å². The Morgan fingerprint density at radius 2 is 1.78 bits per heavy atom. The summed E-state index contributed by atoms with van der Waals surface area (Å²) in [5.41, 5.74) is 1.59. The van der Waals surface area contributed by atoms with Crippen molar-refractivity contribution in [1.82, 2.24) is 5.32 Å². The van der Waals surface area contributed by atoms with Gasteiger partial charge in [-0.05, 0) is 57.4 Å². The van der Waals surface area contributed by atoms with E-state index in [1.807, 2.05) is 12.1 Å². The van der Waals surface area contributed by atoms with Crippen molar-refractivity contribution < 1.29 is 4.74 Å². The van der Waals surface area contributed by atoms with Crippen molar-refractivity contribution in [1.29, 1.82) is 0 Å². The number of methoxy groups -OCH3 is 1. The van der Waals surface area contributed by atoms with Gasteiger partial charge in [-0.1, -0.05) is 25.5 Å². The standard InChI is InChI=1S/C16H27NO/c1-6-13(12-17-16(2,3)4)11-14-7-9-15(18-5)10-8-14/h7-10,13,17H,6,11-12H2,1-5H3. The van der Waals surface area contributed by atoms with Gasteiger partial charge in [0.15, 0.2) is 0 Å². The summed E-state index contributed by atoms with van der Waals surface area (Å²) in [7, 11) is 1.71. The molecule has 2 nitrogen and oxygen atoms in total. The van der Waals surface area contributed by atoms with Crippen LogP contribution < -0.4 is 10.1 Å². The Morgan fingerprint density at radius 1 is 1.17 bits per heavy atom. The Bertz CT molecular complexity index is 337. The molecule has 0 radical (unpaired) electrons. The zero-order chi connectivity index (χ0) is 13.6. The van der Waals surface area contributed by atoms with Crippen molar-refractivity contribution in [3.8, 4) is 5.75 Å². The summed E-state index contributed by atoms with van der Waals surface area (Å²) in [6.07, 6.45) is 2.33. The molecule has 0 aliphatic heterocycles. The van der Waals surface area contributed by atoms with Crippen LogP contribution >= 0.6 is 0 Å². The number of ether oxygens (including phenoxy) is 1. The minimum absolute atomic E-state index is 0.202. The van der Waals surface area contributed by atoms with Crippen molar-refractivity contribution in [3.63, 3.8) is 0 Å². The minimum atomic E-state index is 0.202. The second-order valence-corrected chi connectivity index (χ2v) is 5.96. The van der Waals surface area contributed by atoms with Crippen LogP contribution in [-0.2, 0) is 6.42 Å². The third-order valence-electron chi connectivity index (χ3n) is 3.18. The average molecular weight is 249 g/mol. The summed E-state index contributed by atoms with van der Waals surface area (Å²) in [6, 6.07) is 8.41. The lowest BCUT2D eigenvalue weighted by Crippen LogP contribution is -2.39. The molecule has 1 N–H and O–H groups in total. The van der Waals surface area contributed by atoms with Crippen LogP contribution in [0.5, 0.6) is 5.75 Å². The van der Waals surface area contributed by atoms with E-state index in [2.05, 4.69) is 45.1 Å². The molecule has 1 unspecified atom stereocenters. The second-order valence-electron chi connectivity index (χ2n) is 5.96. The van der Waals surface area contributed by atoms with Crippen LogP contribution in [0.3, 0.4) is 0 Å². The molecule has 0 heterocycles. The summed E-state index contributed by atoms with van der Waals surface area (Å²) in [5, 5.41) is 3.59. The molecule has 0 bridgehead atoms. The van der Waals surface area contributed by atoms with Gasteiger partial charge in [-0.15, -0.1) is 0 Å². The van der Waals surface area contributed by atoms with Gasteiger partial charge in [0.05, 0.1) is 7.11 Å². The van der Waals surface area contributed by atoms with Gasteiger partial charge in [-0.3, -0.25) is 0 Å². The maximum Gasteiger partial charge on any atom is 0.118 e. The number of hydrogen-bond acceptors (Lipinski definition) is 2.